The number of carbonyl (C=O) groups excluding carboxylic acids is 1. The van der Waals surface area contributed by atoms with Crippen molar-refractivity contribution in [3.63, 3.8) is 0 Å². The molecule has 0 spiro atoms. The number of hydrogen-bond acceptors (Lipinski definition) is 5. The van der Waals surface area contributed by atoms with Gasteiger partial charge in [-0.05, 0) is 62.2 Å². The number of ether oxygens (including phenoxy) is 1. The number of benzene rings is 2. The number of aryl methyl sites for hydroxylation is 3. The molecule has 0 saturated carbocycles. The minimum absolute atomic E-state index is 0.0503. The molecule has 7 heteroatoms. The summed E-state index contributed by atoms with van der Waals surface area (Å²) in [5.74, 6) is 1.71. The first kappa shape index (κ1) is 20.7. The highest BCUT2D eigenvalue weighted by atomic mass is 16.5. The Morgan fingerprint density at radius 3 is 2.71 bits per heavy atom. The van der Waals surface area contributed by atoms with Gasteiger partial charge in [-0.2, -0.15) is 4.98 Å². The summed E-state index contributed by atoms with van der Waals surface area (Å²) in [6.07, 6.45) is 0.499. The van der Waals surface area contributed by atoms with E-state index < -0.39 is 0 Å². The third-order valence-electron chi connectivity index (χ3n) is 5.58. The molecule has 1 amide bonds. The average molecular weight is 418 g/mol. The van der Waals surface area contributed by atoms with Crippen LogP contribution in [0.3, 0.4) is 0 Å². The van der Waals surface area contributed by atoms with Crippen LogP contribution in [0.1, 0.15) is 32.9 Å². The first-order valence-corrected chi connectivity index (χ1v) is 10.2. The predicted molar refractivity (Wildman–Crippen MR) is 119 cm³/mol. The number of aromatic amines is 1. The van der Waals surface area contributed by atoms with Crippen molar-refractivity contribution in [2.45, 2.75) is 27.2 Å². The summed E-state index contributed by atoms with van der Waals surface area (Å²) in [5.41, 5.74) is 5.68. The van der Waals surface area contributed by atoms with Crippen LogP contribution in [0.5, 0.6) is 5.75 Å². The third kappa shape index (κ3) is 4.03. The van der Waals surface area contributed by atoms with Gasteiger partial charge in [0.1, 0.15) is 11.4 Å². The number of likely N-dealkylation sites (N-methyl/N-ethyl adjacent to an activating group) is 1. The van der Waals surface area contributed by atoms with E-state index in [4.69, 9.17) is 9.26 Å². The minimum atomic E-state index is -0.0503. The quantitative estimate of drug-likeness (QED) is 0.500. The zero-order chi connectivity index (χ0) is 22.1. The molecule has 0 bridgehead atoms. The standard InChI is InChI=1S/C24H26N4O3/c1-14-6-9-20-19(12-14)16(3)22(25-20)23-26-21(27-31-23)10-11-28(4)24(29)18-8-7-17(30-5)13-15(18)2/h6-9,12-13,25H,10-11H2,1-5H3. The second kappa shape index (κ2) is 8.26. The number of nitrogens with zero attached hydrogens (tertiary/aromatic N) is 3. The molecule has 0 aliphatic carbocycles. The Bertz CT molecular complexity index is 1260. The van der Waals surface area contributed by atoms with E-state index in [1.807, 2.05) is 19.9 Å². The third-order valence-corrected chi connectivity index (χ3v) is 5.58. The first-order valence-electron chi connectivity index (χ1n) is 10.2. The second-order valence-electron chi connectivity index (χ2n) is 7.85. The lowest BCUT2D eigenvalue weighted by molar-refractivity contribution is 0.0795. The number of hydrogen-bond donors (Lipinski definition) is 1. The van der Waals surface area contributed by atoms with Crippen molar-refractivity contribution in [1.29, 1.82) is 0 Å². The van der Waals surface area contributed by atoms with Gasteiger partial charge in [-0.25, -0.2) is 0 Å². The summed E-state index contributed by atoms with van der Waals surface area (Å²) in [7, 11) is 3.39. The Morgan fingerprint density at radius 1 is 1.16 bits per heavy atom. The fourth-order valence-corrected chi connectivity index (χ4v) is 3.69. The maximum Gasteiger partial charge on any atom is 0.274 e. The minimum Gasteiger partial charge on any atom is -0.497 e. The van der Waals surface area contributed by atoms with Gasteiger partial charge in [-0.1, -0.05) is 16.8 Å². The molecule has 7 nitrogen and oxygen atoms in total. The largest absolute Gasteiger partial charge is 0.497 e. The van der Waals surface area contributed by atoms with E-state index in [0.29, 0.717) is 30.2 Å². The van der Waals surface area contributed by atoms with Crippen LogP contribution < -0.4 is 4.74 Å². The van der Waals surface area contributed by atoms with Crippen molar-refractivity contribution in [3.8, 4) is 17.3 Å². The summed E-state index contributed by atoms with van der Waals surface area (Å²) in [5, 5.41) is 5.25. The van der Waals surface area contributed by atoms with E-state index in [1.165, 1.54) is 5.56 Å². The number of H-pyrrole nitrogens is 1. The van der Waals surface area contributed by atoms with Crippen LogP contribution in [0.2, 0.25) is 0 Å². The molecule has 31 heavy (non-hydrogen) atoms. The molecule has 0 unspecified atom stereocenters. The fraction of sp³-hybridized carbons (Fsp3) is 0.292. The van der Waals surface area contributed by atoms with Gasteiger partial charge in [0, 0.05) is 36.5 Å². The zero-order valence-electron chi connectivity index (χ0n) is 18.4. The molecule has 4 aromatic rings. The SMILES string of the molecule is COc1ccc(C(=O)N(C)CCc2noc(-c3[nH]c4ccc(C)cc4c3C)n2)c(C)c1. The summed E-state index contributed by atoms with van der Waals surface area (Å²) in [6.45, 7) is 6.50. The molecule has 160 valence electrons. The highest BCUT2D eigenvalue weighted by molar-refractivity contribution is 5.95. The Hall–Kier alpha value is -3.61. The summed E-state index contributed by atoms with van der Waals surface area (Å²) in [6, 6.07) is 11.7. The molecule has 4 rings (SSSR count). The molecular weight excluding hydrogens is 392 g/mol. The maximum absolute atomic E-state index is 12.8. The van der Waals surface area contributed by atoms with Gasteiger partial charge < -0.3 is 19.1 Å². The van der Waals surface area contributed by atoms with Crippen molar-refractivity contribution in [3.05, 3.63) is 64.5 Å². The fourth-order valence-electron chi connectivity index (χ4n) is 3.69. The molecule has 0 atom stereocenters. The number of nitrogens with one attached hydrogen (secondary N) is 1. The van der Waals surface area contributed by atoms with Gasteiger partial charge in [-0.3, -0.25) is 4.79 Å². The molecule has 1 N–H and O–H groups in total. The van der Waals surface area contributed by atoms with Crippen molar-refractivity contribution < 1.29 is 14.1 Å². The summed E-state index contributed by atoms with van der Waals surface area (Å²) >= 11 is 0. The molecule has 2 aromatic carbocycles. The smallest absolute Gasteiger partial charge is 0.274 e. The van der Waals surface area contributed by atoms with Crippen molar-refractivity contribution >= 4 is 16.8 Å². The van der Waals surface area contributed by atoms with Crippen LogP contribution in [0, 0.1) is 20.8 Å². The van der Waals surface area contributed by atoms with Gasteiger partial charge in [0.2, 0.25) is 0 Å². The number of amides is 1. The number of fused-ring (bicyclic) bond motifs is 1. The lowest BCUT2D eigenvalue weighted by atomic mass is 10.1. The highest BCUT2D eigenvalue weighted by Crippen LogP contribution is 2.29. The number of carbonyl (C=O) groups is 1. The predicted octanol–water partition coefficient (Wildman–Crippen LogP) is 4.47. The van der Waals surface area contributed by atoms with Crippen molar-refractivity contribution in [1.82, 2.24) is 20.0 Å². The van der Waals surface area contributed by atoms with E-state index in [9.17, 15) is 4.79 Å². The Kier molecular flexibility index (Phi) is 5.50. The molecule has 0 aliphatic rings. The zero-order valence-corrected chi connectivity index (χ0v) is 18.4. The van der Waals surface area contributed by atoms with Crippen LogP contribution in [-0.4, -0.2) is 46.6 Å². The van der Waals surface area contributed by atoms with E-state index in [1.54, 1.807) is 31.2 Å². The lowest BCUT2D eigenvalue weighted by Gasteiger charge is -2.17. The van der Waals surface area contributed by atoms with E-state index in [0.717, 1.165) is 33.5 Å². The Labute approximate surface area is 181 Å². The van der Waals surface area contributed by atoms with E-state index in [2.05, 4.69) is 40.2 Å². The molecular formula is C24H26N4O3. The van der Waals surface area contributed by atoms with E-state index in [-0.39, 0.29) is 5.91 Å². The van der Waals surface area contributed by atoms with Gasteiger partial charge in [0.15, 0.2) is 5.82 Å². The second-order valence-corrected chi connectivity index (χ2v) is 7.85. The van der Waals surface area contributed by atoms with Crippen LogP contribution in [0.15, 0.2) is 40.9 Å². The molecule has 2 heterocycles. The van der Waals surface area contributed by atoms with Crippen LogP contribution in [0.4, 0.5) is 0 Å². The van der Waals surface area contributed by atoms with Crippen molar-refractivity contribution in [2.75, 3.05) is 20.7 Å². The molecule has 0 radical (unpaired) electrons. The normalized spacial score (nSPS) is 11.1. The monoisotopic (exact) mass is 418 g/mol. The van der Waals surface area contributed by atoms with Gasteiger partial charge in [0.05, 0.1) is 7.11 Å². The number of rotatable bonds is 6. The molecule has 0 aliphatic heterocycles. The first-order chi connectivity index (χ1) is 14.9. The Morgan fingerprint density at radius 2 is 1.97 bits per heavy atom. The maximum atomic E-state index is 12.8. The Balaban J connectivity index is 1.46. The summed E-state index contributed by atoms with van der Waals surface area (Å²) < 4.78 is 10.7. The molecule has 2 aromatic heterocycles. The number of methoxy groups -OCH3 is 1. The summed E-state index contributed by atoms with van der Waals surface area (Å²) in [4.78, 5) is 22.4. The lowest BCUT2D eigenvalue weighted by Crippen LogP contribution is -2.29. The van der Waals surface area contributed by atoms with Gasteiger partial charge in [-0.15, -0.1) is 0 Å². The van der Waals surface area contributed by atoms with Gasteiger partial charge >= 0.3 is 0 Å². The van der Waals surface area contributed by atoms with E-state index >= 15 is 0 Å². The van der Waals surface area contributed by atoms with Crippen LogP contribution in [0.25, 0.3) is 22.5 Å². The highest BCUT2D eigenvalue weighted by Gasteiger charge is 2.18. The molecule has 0 saturated heterocycles. The van der Waals surface area contributed by atoms with Crippen molar-refractivity contribution in [2.24, 2.45) is 0 Å². The van der Waals surface area contributed by atoms with Gasteiger partial charge in [0.25, 0.3) is 11.8 Å². The van der Waals surface area contributed by atoms with Crippen LogP contribution in [-0.2, 0) is 6.42 Å². The molecule has 0 fully saturated rings. The van der Waals surface area contributed by atoms with Crippen LogP contribution >= 0.6 is 0 Å². The number of aromatic nitrogens is 3. The topological polar surface area (TPSA) is 84.2 Å². The average Bonchev–Trinajstić information content (AvgIpc) is 3.36.